The van der Waals surface area contributed by atoms with Gasteiger partial charge in [0.05, 0.1) is 17.7 Å². The average Bonchev–Trinajstić information content (AvgIpc) is 2.47. The number of morpholine rings is 1. The molecule has 0 spiro atoms. The Hall–Kier alpha value is -1.11. The minimum atomic E-state index is -0.158. The summed E-state index contributed by atoms with van der Waals surface area (Å²) in [7, 11) is 0. The molecule has 1 heterocycles. The van der Waals surface area contributed by atoms with Crippen LogP contribution in [0.4, 0.5) is 0 Å². The number of carbonyl (C=O) groups is 1. The van der Waals surface area contributed by atoms with Crippen LogP contribution >= 0.6 is 15.9 Å². The zero-order chi connectivity index (χ0) is 14.4. The highest BCUT2D eigenvalue weighted by molar-refractivity contribution is 9.10. The van der Waals surface area contributed by atoms with Crippen molar-refractivity contribution >= 4 is 21.8 Å². The number of carbonyl (C=O) groups excluding carboxylic acids is 1. The van der Waals surface area contributed by atoms with Gasteiger partial charge in [0.15, 0.2) is 0 Å². The molecule has 1 aromatic rings. The molecule has 1 aromatic carbocycles. The van der Waals surface area contributed by atoms with E-state index >= 15 is 0 Å². The van der Waals surface area contributed by atoms with Gasteiger partial charge in [0.25, 0.3) is 5.91 Å². The maximum atomic E-state index is 11.9. The molecule has 1 fully saturated rings. The van der Waals surface area contributed by atoms with Gasteiger partial charge in [-0.2, -0.15) is 0 Å². The molecule has 1 aliphatic heterocycles. The lowest BCUT2D eigenvalue weighted by Crippen LogP contribution is -2.38. The van der Waals surface area contributed by atoms with Gasteiger partial charge in [0, 0.05) is 25.2 Å². The number of halogens is 1. The molecule has 6 heteroatoms. The van der Waals surface area contributed by atoms with Crippen LogP contribution in [-0.2, 0) is 4.74 Å². The van der Waals surface area contributed by atoms with E-state index in [4.69, 9.17) is 4.74 Å². The molecule has 0 bridgehead atoms. The lowest BCUT2D eigenvalue weighted by molar-refractivity contribution is 0.0374. The molecule has 1 amide bonds. The Morgan fingerprint density at radius 1 is 1.40 bits per heavy atom. The number of phenols is 1. The van der Waals surface area contributed by atoms with Gasteiger partial charge in [0.1, 0.15) is 5.75 Å². The Bertz CT molecular complexity index is 462. The second kappa shape index (κ2) is 7.61. The van der Waals surface area contributed by atoms with Crippen molar-refractivity contribution in [2.24, 2.45) is 0 Å². The van der Waals surface area contributed by atoms with Gasteiger partial charge in [-0.25, -0.2) is 0 Å². The van der Waals surface area contributed by atoms with E-state index in [0.717, 1.165) is 39.3 Å². The largest absolute Gasteiger partial charge is 0.507 e. The number of nitrogens with one attached hydrogen (secondary N) is 1. The van der Waals surface area contributed by atoms with Crippen LogP contribution in [0.3, 0.4) is 0 Å². The Morgan fingerprint density at radius 2 is 2.15 bits per heavy atom. The summed E-state index contributed by atoms with van der Waals surface area (Å²) in [4.78, 5) is 14.2. The first kappa shape index (κ1) is 15.3. The van der Waals surface area contributed by atoms with Gasteiger partial charge in [0.2, 0.25) is 0 Å². The summed E-state index contributed by atoms with van der Waals surface area (Å²) >= 11 is 3.19. The number of rotatable bonds is 5. The van der Waals surface area contributed by atoms with Crippen molar-refractivity contribution < 1.29 is 14.6 Å². The van der Waals surface area contributed by atoms with E-state index in [1.807, 2.05) is 0 Å². The fourth-order valence-electron chi connectivity index (χ4n) is 2.09. The maximum Gasteiger partial charge on any atom is 0.251 e. The van der Waals surface area contributed by atoms with E-state index in [9.17, 15) is 9.90 Å². The first-order chi connectivity index (χ1) is 9.66. The zero-order valence-corrected chi connectivity index (χ0v) is 12.9. The van der Waals surface area contributed by atoms with Gasteiger partial charge in [-0.3, -0.25) is 9.69 Å². The van der Waals surface area contributed by atoms with Crippen molar-refractivity contribution in [3.63, 3.8) is 0 Å². The number of benzene rings is 1. The number of aromatic hydroxyl groups is 1. The molecule has 1 aliphatic rings. The van der Waals surface area contributed by atoms with Crippen LogP contribution in [0.5, 0.6) is 5.75 Å². The maximum absolute atomic E-state index is 11.9. The zero-order valence-electron chi connectivity index (χ0n) is 11.3. The lowest BCUT2D eigenvalue weighted by Gasteiger charge is -2.26. The van der Waals surface area contributed by atoms with Gasteiger partial charge >= 0.3 is 0 Å². The van der Waals surface area contributed by atoms with E-state index < -0.39 is 0 Å². The van der Waals surface area contributed by atoms with E-state index in [-0.39, 0.29) is 11.7 Å². The first-order valence-electron chi connectivity index (χ1n) is 6.73. The van der Waals surface area contributed by atoms with Crippen molar-refractivity contribution in [3.8, 4) is 5.75 Å². The van der Waals surface area contributed by atoms with Crippen LogP contribution in [0.2, 0.25) is 0 Å². The molecule has 0 unspecified atom stereocenters. The summed E-state index contributed by atoms with van der Waals surface area (Å²) in [5.74, 6) is -0.0826. The van der Waals surface area contributed by atoms with E-state index in [1.54, 1.807) is 12.1 Å². The lowest BCUT2D eigenvalue weighted by atomic mass is 10.2. The van der Waals surface area contributed by atoms with Gasteiger partial charge in [-0.05, 0) is 47.1 Å². The normalized spacial score (nSPS) is 16.1. The highest BCUT2D eigenvalue weighted by Gasteiger charge is 2.10. The van der Waals surface area contributed by atoms with E-state index in [1.165, 1.54) is 6.07 Å². The third-order valence-corrected chi connectivity index (χ3v) is 3.92. The Morgan fingerprint density at radius 3 is 2.85 bits per heavy atom. The molecule has 2 N–H and O–H groups in total. The summed E-state index contributed by atoms with van der Waals surface area (Å²) in [5, 5.41) is 12.4. The summed E-state index contributed by atoms with van der Waals surface area (Å²) in [6.45, 7) is 5.13. The summed E-state index contributed by atoms with van der Waals surface area (Å²) in [6.07, 6.45) is 0.911. The molecule has 0 saturated carbocycles. The molecule has 2 rings (SSSR count). The minimum absolute atomic E-state index is 0.0750. The fraction of sp³-hybridized carbons (Fsp3) is 0.500. The van der Waals surface area contributed by atoms with E-state index in [0.29, 0.717) is 16.6 Å². The fourth-order valence-corrected chi connectivity index (χ4v) is 2.33. The predicted octanol–water partition coefficient (Wildman–Crippen LogP) is 1.61. The number of phenolic OH excluding ortho intramolecular Hbond substituents is 1. The van der Waals surface area contributed by atoms with Crippen molar-refractivity contribution in [1.82, 2.24) is 10.2 Å². The van der Waals surface area contributed by atoms with Crippen molar-refractivity contribution in [3.05, 3.63) is 28.2 Å². The molecule has 0 radical (unpaired) electrons. The van der Waals surface area contributed by atoms with Crippen LogP contribution in [0.1, 0.15) is 16.8 Å². The topological polar surface area (TPSA) is 61.8 Å². The van der Waals surface area contributed by atoms with Gasteiger partial charge in [-0.1, -0.05) is 0 Å². The minimum Gasteiger partial charge on any atom is -0.507 e. The molecule has 20 heavy (non-hydrogen) atoms. The van der Waals surface area contributed by atoms with Crippen molar-refractivity contribution in [2.45, 2.75) is 6.42 Å². The Labute approximate surface area is 127 Å². The third kappa shape index (κ3) is 4.47. The summed E-state index contributed by atoms with van der Waals surface area (Å²) in [5.41, 5.74) is 0.470. The average molecular weight is 343 g/mol. The molecular formula is C14H19BrN2O3. The van der Waals surface area contributed by atoms with Crippen LogP contribution < -0.4 is 5.32 Å². The van der Waals surface area contributed by atoms with E-state index in [2.05, 4.69) is 26.1 Å². The standard InChI is InChI=1S/C14H19BrN2O3/c15-12-3-2-11(10-13(12)18)14(19)16-4-1-5-17-6-8-20-9-7-17/h2-3,10,18H,1,4-9H2,(H,16,19). The molecule has 0 aromatic heterocycles. The number of hydrogen-bond donors (Lipinski definition) is 2. The van der Waals surface area contributed by atoms with Crippen LogP contribution in [-0.4, -0.2) is 55.3 Å². The second-order valence-corrected chi connectivity index (χ2v) is 5.58. The number of amides is 1. The third-order valence-electron chi connectivity index (χ3n) is 3.25. The highest BCUT2D eigenvalue weighted by atomic mass is 79.9. The second-order valence-electron chi connectivity index (χ2n) is 4.73. The molecule has 1 saturated heterocycles. The SMILES string of the molecule is O=C(NCCCN1CCOCC1)c1ccc(Br)c(O)c1. The van der Waals surface area contributed by atoms with Gasteiger partial charge in [-0.15, -0.1) is 0 Å². The summed E-state index contributed by atoms with van der Waals surface area (Å²) < 4.78 is 5.87. The summed E-state index contributed by atoms with van der Waals surface area (Å²) in [6, 6.07) is 4.81. The molecule has 5 nitrogen and oxygen atoms in total. The number of hydrogen-bond acceptors (Lipinski definition) is 4. The Balaban J connectivity index is 1.70. The quantitative estimate of drug-likeness (QED) is 0.798. The van der Waals surface area contributed by atoms with Crippen LogP contribution in [0.15, 0.2) is 22.7 Å². The van der Waals surface area contributed by atoms with Crippen molar-refractivity contribution in [2.75, 3.05) is 39.4 Å². The molecule has 110 valence electrons. The Kier molecular flexibility index (Phi) is 5.82. The van der Waals surface area contributed by atoms with Gasteiger partial charge < -0.3 is 15.2 Å². The number of ether oxygens (including phenoxy) is 1. The highest BCUT2D eigenvalue weighted by Crippen LogP contribution is 2.24. The molecule has 0 atom stereocenters. The first-order valence-corrected chi connectivity index (χ1v) is 7.53. The van der Waals surface area contributed by atoms with Crippen LogP contribution in [0, 0.1) is 0 Å². The van der Waals surface area contributed by atoms with Crippen LogP contribution in [0.25, 0.3) is 0 Å². The predicted molar refractivity (Wildman–Crippen MR) is 80.0 cm³/mol. The van der Waals surface area contributed by atoms with Crippen molar-refractivity contribution in [1.29, 1.82) is 0 Å². The molecular weight excluding hydrogens is 324 g/mol. The smallest absolute Gasteiger partial charge is 0.251 e. The monoisotopic (exact) mass is 342 g/mol. The molecule has 0 aliphatic carbocycles. The number of nitrogens with zero attached hydrogens (tertiary/aromatic N) is 1.